The number of hydrogen-bond donors (Lipinski definition) is 1. The second-order valence-corrected chi connectivity index (χ2v) is 4.67. The van der Waals surface area contributed by atoms with Crippen LogP contribution in [-0.4, -0.2) is 5.11 Å². The van der Waals surface area contributed by atoms with Gasteiger partial charge < -0.3 is 9.52 Å². The van der Waals surface area contributed by atoms with Gasteiger partial charge in [-0.1, -0.05) is 29.8 Å². The van der Waals surface area contributed by atoms with Crippen molar-refractivity contribution in [3.05, 3.63) is 63.7 Å². The van der Waals surface area contributed by atoms with Gasteiger partial charge in [0.15, 0.2) is 0 Å². The van der Waals surface area contributed by atoms with Crippen LogP contribution in [0.3, 0.4) is 0 Å². The second-order valence-electron chi connectivity index (χ2n) is 4.26. The molecule has 20 heavy (non-hydrogen) atoms. The average molecular weight is 291 g/mol. The van der Waals surface area contributed by atoms with E-state index in [4.69, 9.17) is 16.0 Å². The van der Waals surface area contributed by atoms with Crippen LogP contribution >= 0.6 is 11.6 Å². The first-order valence-electron chi connectivity index (χ1n) is 5.77. The van der Waals surface area contributed by atoms with Crippen molar-refractivity contribution in [2.45, 2.75) is 0 Å². The molecule has 0 saturated heterocycles. The summed E-state index contributed by atoms with van der Waals surface area (Å²) in [5, 5.41) is 9.71. The van der Waals surface area contributed by atoms with Gasteiger partial charge in [0.1, 0.15) is 23.4 Å². The first-order valence-corrected chi connectivity index (χ1v) is 6.14. The lowest BCUT2D eigenvalue weighted by molar-refractivity contribution is 0.474. The van der Waals surface area contributed by atoms with Gasteiger partial charge in [0, 0.05) is 11.6 Å². The summed E-state index contributed by atoms with van der Waals surface area (Å²) in [5.74, 6) is -0.690. The first kappa shape index (κ1) is 12.7. The van der Waals surface area contributed by atoms with E-state index in [-0.39, 0.29) is 32.9 Å². The molecular formula is C15H8ClFO3. The Morgan fingerprint density at radius 1 is 1.15 bits per heavy atom. The largest absolute Gasteiger partial charge is 0.506 e. The monoisotopic (exact) mass is 290 g/mol. The van der Waals surface area contributed by atoms with Crippen LogP contribution in [0.1, 0.15) is 0 Å². The standard InChI is InChI=1S/C15H8ClFO3/c16-11-5-9-14(6-13(11)18)20-7-10(15(9)19)8-3-1-2-4-12(8)17/h1-7,18H. The molecule has 0 aliphatic carbocycles. The summed E-state index contributed by atoms with van der Waals surface area (Å²) in [6.07, 6.45) is 1.18. The molecular weight excluding hydrogens is 283 g/mol. The molecule has 0 unspecified atom stereocenters. The van der Waals surface area contributed by atoms with Crippen LogP contribution in [0.4, 0.5) is 4.39 Å². The van der Waals surface area contributed by atoms with E-state index in [0.29, 0.717) is 0 Å². The Morgan fingerprint density at radius 2 is 1.90 bits per heavy atom. The van der Waals surface area contributed by atoms with E-state index >= 15 is 0 Å². The number of benzene rings is 2. The van der Waals surface area contributed by atoms with Crippen LogP contribution in [0.25, 0.3) is 22.1 Å². The lowest BCUT2D eigenvalue weighted by Crippen LogP contribution is -2.05. The van der Waals surface area contributed by atoms with Gasteiger partial charge in [-0.15, -0.1) is 0 Å². The molecule has 1 N–H and O–H groups in total. The highest BCUT2D eigenvalue weighted by Crippen LogP contribution is 2.29. The molecule has 3 rings (SSSR count). The van der Waals surface area contributed by atoms with E-state index in [1.165, 1.54) is 36.6 Å². The van der Waals surface area contributed by atoms with Crippen LogP contribution in [0.2, 0.25) is 5.02 Å². The van der Waals surface area contributed by atoms with E-state index < -0.39 is 11.2 Å². The van der Waals surface area contributed by atoms with E-state index in [0.717, 1.165) is 0 Å². The Balaban J connectivity index is 2.35. The van der Waals surface area contributed by atoms with Crippen LogP contribution in [0.5, 0.6) is 5.75 Å². The molecule has 0 atom stereocenters. The number of aromatic hydroxyl groups is 1. The van der Waals surface area contributed by atoms with Crippen molar-refractivity contribution in [3.8, 4) is 16.9 Å². The van der Waals surface area contributed by atoms with E-state index in [1.54, 1.807) is 6.07 Å². The van der Waals surface area contributed by atoms with Crippen molar-refractivity contribution < 1.29 is 13.9 Å². The molecule has 0 bridgehead atoms. The molecule has 1 aromatic heterocycles. The maximum Gasteiger partial charge on any atom is 0.200 e. The van der Waals surface area contributed by atoms with Crippen molar-refractivity contribution in [2.24, 2.45) is 0 Å². The van der Waals surface area contributed by atoms with Gasteiger partial charge in [0.2, 0.25) is 5.43 Å². The van der Waals surface area contributed by atoms with Gasteiger partial charge in [-0.25, -0.2) is 4.39 Å². The number of rotatable bonds is 1. The Kier molecular flexibility index (Phi) is 2.95. The molecule has 2 aromatic carbocycles. The summed E-state index contributed by atoms with van der Waals surface area (Å²) in [6, 6.07) is 8.49. The number of fused-ring (bicyclic) bond motifs is 1. The van der Waals surface area contributed by atoms with Gasteiger partial charge in [0.25, 0.3) is 0 Å². The van der Waals surface area contributed by atoms with Crippen molar-refractivity contribution in [3.63, 3.8) is 0 Å². The molecule has 0 fully saturated rings. The fourth-order valence-corrected chi connectivity index (χ4v) is 2.17. The minimum Gasteiger partial charge on any atom is -0.506 e. The summed E-state index contributed by atoms with van der Waals surface area (Å²) in [6.45, 7) is 0. The summed E-state index contributed by atoms with van der Waals surface area (Å²) in [4.78, 5) is 12.4. The third-order valence-electron chi connectivity index (χ3n) is 3.01. The molecule has 0 amide bonds. The zero-order valence-corrected chi connectivity index (χ0v) is 10.8. The summed E-state index contributed by atoms with van der Waals surface area (Å²) < 4.78 is 19.0. The number of phenols is 1. The molecule has 0 saturated carbocycles. The zero-order chi connectivity index (χ0) is 14.3. The van der Waals surface area contributed by atoms with E-state index in [9.17, 15) is 14.3 Å². The maximum atomic E-state index is 13.8. The molecule has 1 heterocycles. The van der Waals surface area contributed by atoms with Crippen molar-refractivity contribution >= 4 is 22.6 Å². The minimum absolute atomic E-state index is 0.0375. The van der Waals surface area contributed by atoms with Gasteiger partial charge in [-0.05, 0) is 12.1 Å². The molecule has 0 spiro atoms. The van der Waals surface area contributed by atoms with Gasteiger partial charge in [0.05, 0.1) is 16.0 Å². The number of hydrogen-bond acceptors (Lipinski definition) is 3. The quantitative estimate of drug-likeness (QED) is 0.738. The summed E-state index contributed by atoms with van der Waals surface area (Å²) in [5.41, 5.74) is 0.0555. The Morgan fingerprint density at radius 3 is 2.65 bits per heavy atom. The normalized spacial score (nSPS) is 10.9. The van der Waals surface area contributed by atoms with Crippen LogP contribution in [-0.2, 0) is 0 Å². The zero-order valence-electron chi connectivity index (χ0n) is 10.1. The Bertz CT molecular complexity index is 871. The second kappa shape index (κ2) is 4.65. The van der Waals surface area contributed by atoms with E-state index in [2.05, 4.69) is 0 Å². The molecule has 0 aliphatic rings. The smallest absolute Gasteiger partial charge is 0.200 e. The summed E-state index contributed by atoms with van der Waals surface area (Å²) >= 11 is 5.78. The van der Waals surface area contributed by atoms with Gasteiger partial charge in [-0.3, -0.25) is 4.79 Å². The van der Waals surface area contributed by atoms with Crippen molar-refractivity contribution in [2.75, 3.05) is 0 Å². The fourth-order valence-electron chi connectivity index (χ4n) is 2.00. The number of halogens is 2. The van der Waals surface area contributed by atoms with Crippen molar-refractivity contribution in [1.82, 2.24) is 0 Å². The predicted molar refractivity (Wildman–Crippen MR) is 74.6 cm³/mol. The molecule has 5 heteroatoms. The van der Waals surface area contributed by atoms with Crippen molar-refractivity contribution in [1.29, 1.82) is 0 Å². The molecule has 0 radical (unpaired) electrons. The van der Waals surface area contributed by atoms with Crippen LogP contribution < -0.4 is 5.43 Å². The maximum absolute atomic E-state index is 13.8. The topological polar surface area (TPSA) is 50.4 Å². The Labute approximate surface area is 117 Å². The summed E-state index contributed by atoms with van der Waals surface area (Å²) in [7, 11) is 0. The fraction of sp³-hybridized carbons (Fsp3) is 0. The first-order chi connectivity index (χ1) is 9.58. The number of phenolic OH excluding ortho intramolecular Hbond substituents is 1. The predicted octanol–water partition coefficient (Wildman–Crippen LogP) is 3.96. The van der Waals surface area contributed by atoms with Crippen LogP contribution in [0.15, 0.2) is 51.9 Å². The lowest BCUT2D eigenvalue weighted by Gasteiger charge is -2.05. The highest BCUT2D eigenvalue weighted by Gasteiger charge is 2.14. The average Bonchev–Trinajstić information content (AvgIpc) is 2.43. The third-order valence-corrected chi connectivity index (χ3v) is 3.31. The highest BCUT2D eigenvalue weighted by atomic mass is 35.5. The molecule has 0 aliphatic heterocycles. The third kappa shape index (κ3) is 1.94. The molecule has 3 nitrogen and oxygen atoms in total. The lowest BCUT2D eigenvalue weighted by atomic mass is 10.1. The molecule has 3 aromatic rings. The Hall–Kier alpha value is -2.33. The molecule has 100 valence electrons. The van der Waals surface area contributed by atoms with E-state index in [1.807, 2.05) is 0 Å². The minimum atomic E-state index is -0.510. The highest BCUT2D eigenvalue weighted by molar-refractivity contribution is 6.32. The van der Waals surface area contributed by atoms with Gasteiger partial charge in [-0.2, -0.15) is 0 Å². The SMILES string of the molecule is O=c1c(-c2ccccc2F)coc2cc(O)c(Cl)cc12. The van der Waals surface area contributed by atoms with Crippen LogP contribution in [0, 0.1) is 5.82 Å². The van der Waals surface area contributed by atoms with Gasteiger partial charge >= 0.3 is 0 Å².